The highest BCUT2D eigenvalue weighted by Crippen LogP contribution is 2.27. The van der Waals surface area contributed by atoms with Gasteiger partial charge in [0.1, 0.15) is 12.7 Å². The lowest BCUT2D eigenvalue weighted by molar-refractivity contribution is 0.00635. The smallest absolute Gasteiger partial charge is 0.255 e. The minimum absolute atomic E-state index is 0.00661. The zero-order valence-electron chi connectivity index (χ0n) is 15.7. The molecule has 0 spiro atoms. The Hall–Kier alpha value is -1.81. The summed E-state index contributed by atoms with van der Waals surface area (Å²) in [5.74, 6) is 1.05. The van der Waals surface area contributed by atoms with Gasteiger partial charge in [-0.2, -0.15) is 4.98 Å². The van der Waals surface area contributed by atoms with E-state index in [-0.39, 0.29) is 24.6 Å². The highest BCUT2D eigenvalue weighted by molar-refractivity contribution is 7.88. The van der Waals surface area contributed by atoms with Crippen LogP contribution in [0.4, 0.5) is 0 Å². The lowest BCUT2D eigenvalue weighted by atomic mass is 10.1. The maximum atomic E-state index is 12.6. The lowest BCUT2D eigenvalue weighted by Crippen LogP contribution is -2.41. The number of hydrogen-bond donors (Lipinski definition) is 0. The molecule has 4 rings (SSSR count). The van der Waals surface area contributed by atoms with Gasteiger partial charge in [0.2, 0.25) is 10.0 Å². The van der Waals surface area contributed by atoms with Crippen LogP contribution in [0.3, 0.4) is 0 Å². The van der Waals surface area contributed by atoms with Crippen LogP contribution in [0.25, 0.3) is 0 Å². The van der Waals surface area contributed by atoms with E-state index in [0.29, 0.717) is 37.6 Å². The maximum absolute atomic E-state index is 12.6. The van der Waals surface area contributed by atoms with Gasteiger partial charge in [0, 0.05) is 19.7 Å². The Bertz CT molecular complexity index is 857. The average Bonchev–Trinajstić information content (AvgIpc) is 3.39. The first-order valence-corrected chi connectivity index (χ1v) is 11.3. The number of benzene rings is 1. The lowest BCUT2D eigenvalue weighted by Gasteiger charge is -2.31. The molecule has 9 heteroatoms. The molecule has 8 nitrogen and oxygen atoms in total. The van der Waals surface area contributed by atoms with E-state index in [9.17, 15) is 8.42 Å². The molecule has 0 unspecified atom stereocenters. The van der Waals surface area contributed by atoms with Gasteiger partial charge in [-0.25, -0.2) is 12.7 Å². The van der Waals surface area contributed by atoms with Gasteiger partial charge in [0.15, 0.2) is 5.82 Å². The minimum atomic E-state index is -3.31. The SMILES string of the molecule is O=S(=O)(Cc1ccccc1)N1CCC(OCc2noc([C@@H]3CCCO3)n2)CC1. The highest BCUT2D eigenvalue weighted by atomic mass is 32.2. The Morgan fingerprint density at radius 1 is 1.14 bits per heavy atom. The molecule has 0 amide bonds. The first-order chi connectivity index (χ1) is 13.6. The van der Waals surface area contributed by atoms with E-state index in [0.717, 1.165) is 25.0 Å². The fraction of sp³-hybridized carbons (Fsp3) is 0.579. The van der Waals surface area contributed by atoms with Crippen molar-refractivity contribution in [3.8, 4) is 0 Å². The zero-order chi connectivity index (χ0) is 19.4. The third-order valence-corrected chi connectivity index (χ3v) is 6.97. The van der Waals surface area contributed by atoms with Crippen molar-refractivity contribution in [2.45, 2.75) is 50.3 Å². The van der Waals surface area contributed by atoms with Gasteiger partial charge in [-0.1, -0.05) is 35.5 Å². The first kappa shape index (κ1) is 19.5. The Morgan fingerprint density at radius 3 is 2.64 bits per heavy atom. The Kier molecular flexibility index (Phi) is 6.05. The van der Waals surface area contributed by atoms with Crippen LogP contribution in [0, 0.1) is 0 Å². The summed E-state index contributed by atoms with van der Waals surface area (Å²) in [6.07, 6.45) is 3.12. The molecule has 152 valence electrons. The summed E-state index contributed by atoms with van der Waals surface area (Å²) < 4.78 is 43.4. The maximum Gasteiger partial charge on any atom is 0.255 e. The molecule has 3 heterocycles. The number of hydrogen-bond acceptors (Lipinski definition) is 7. The van der Waals surface area contributed by atoms with E-state index in [1.807, 2.05) is 30.3 Å². The predicted molar refractivity (Wildman–Crippen MR) is 101 cm³/mol. The normalized spacial score (nSPS) is 21.9. The first-order valence-electron chi connectivity index (χ1n) is 9.67. The van der Waals surface area contributed by atoms with Crippen molar-refractivity contribution in [2.75, 3.05) is 19.7 Å². The van der Waals surface area contributed by atoms with E-state index in [2.05, 4.69) is 10.1 Å². The van der Waals surface area contributed by atoms with Crippen molar-refractivity contribution in [2.24, 2.45) is 0 Å². The van der Waals surface area contributed by atoms with Crippen LogP contribution >= 0.6 is 0 Å². The highest BCUT2D eigenvalue weighted by Gasteiger charge is 2.29. The molecule has 2 aromatic rings. The topological polar surface area (TPSA) is 94.8 Å². The number of nitrogens with zero attached hydrogens (tertiary/aromatic N) is 3. The summed E-state index contributed by atoms with van der Waals surface area (Å²) in [5, 5.41) is 3.95. The molecule has 0 radical (unpaired) electrons. The minimum Gasteiger partial charge on any atom is -0.370 e. The summed E-state index contributed by atoms with van der Waals surface area (Å²) in [6.45, 7) is 1.92. The quantitative estimate of drug-likeness (QED) is 0.696. The zero-order valence-corrected chi connectivity index (χ0v) is 16.5. The number of sulfonamides is 1. The van der Waals surface area contributed by atoms with Crippen LogP contribution in [0.15, 0.2) is 34.9 Å². The summed E-state index contributed by atoms with van der Waals surface area (Å²) in [7, 11) is -3.31. The molecular formula is C19H25N3O5S. The number of piperidine rings is 1. The average molecular weight is 407 g/mol. The van der Waals surface area contributed by atoms with Gasteiger partial charge in [0.25, 0.3) is 5.89 Å². The Morgan fingerprint density at radius 2 is 1.93 bits per heavy atom. The van der Waals surface area contributed by atoms with Crippen molar-refractivity contribution >= 4 is 10.0 Å². The summed E-state index contributed by atoms with van der Waals surface area (Å²) in [6, 6.07) is 9.26. The fourth-order valence-corrected chi connectivity index (χ4v) is 5.14. The van der Waals surface area contributed by atoms with E-state index in [4.69, 9.17) is 14.0 Å². The van der Waals surface area contributed by atoms with E-state index < -0.39 is 10.0 Å². The van der Waals surface area contributed by atoms with Gasteiger partial charge in [-0.3, -0.25) is 0 Å². The molecule has 1 aromatic carbocycles. The molecule has 1 atom stereocenters. The van der Waals surface area contributed by atoms with Gasteiger partial charge in [-0.15, -0.1) is 0 Å². The van der Waals surface area contributed by atoms with Crippen molar-refractivity contribution in [1.82, 2.24) is 14.4 Å². The molecule has 2 saturated heterocycles. The van der Waals surface area contributed by atoms with Gasteiger partial charge >= 0.3 is 0 Å². The van der Waals surface area contributed by atoms with Crippen LogP contribution in [0.1, 0.15) is 49.1 Å². The van der Waals surface area contributed by atoms with Crippen LogP contribution in [-0.2, 0) is 31.9 Å². The van der Waals surface area contributed by atoms with E-state index in [1.165, 1.54) is 0 Å². The fourth-order valence-electron chi connectivity index (χ4n) is 3.57. The van der Waals surface area contributed by atoms with E-state index in [1.54, 1.807) is 4.31 Å². The second-order valence-corrected chi connectivity index (χ2v) is 9.17. The van der Waals surface area contributed by atoms with Crippen LogP contribution < -0.4 is 0 Å². The molecular weight excluding hydrogens is 382 g/mol. The molecule has 0 bridgehead atoms. The van der Waals surface area contributed by atoms with Crippen LogP contribution in [-0.4, -0.2) is 48.7 Å². The monoisotopic (exact) mass is 407 g/mol. The number of rotatable bonds is 7. The molecule has 2 aliphatic heterocycles. The molecule has 0 saturated carbocycles. The number of ether oxygens (including phenoxy) is 2. The van der Waals surface area contributed by atoms with Crippen LogP contribution in [0.5, 0.6) is 0 Å². The van der Waals surface area contributed by atoms with Crippen molar-refractivity contribution in [1.29, 1.82) is 0 Å². The largest absolute Gasteiger partial charge is 0.370 e. The predicted octanol–water partition coefficient (Wildman–Crippen LogP) is 2.43. The standard InChI is InChI=1S/C19H25N3O5S/c23-28(24,14-15-5-2-1-3-6-15)22-10-8-16(9-11-22)26-13-18-20-19(27-21-18)17-7-4-12-25-17/h1-3,5-6,16-17H,4,7-14H2/t17-/m0/s1. The second-order valence-electron chi connectivity index (χ2n) is 7.20. The summed E-state index contributed by atoms with van der Waals surface area (Å²) >= 11 is 0. The van der Waals surface area contributed by atoms with Crippen LogP contribution in [0.2, 0.25) is 0 Å². The van der Waals surface area contributed by atoms with Crippen molar-refractivity contribution in [3.05, 3.63) is 47.6 Å². The van der Waals surface area contributed by atoms with Crippen molar-refractivity contribution < 1.29 is 22.4 Å². The van der Waals surface area contributed by atoms with Gasteiger partial charge in [-0.05, 0) is 31.2 Å². The number of aromatic nitrogens is 2. The third-order valence-electron chi connectivity index (χ3n) is 5.12. The molecule has 0 aliphatic carbocycles. The summed E-state index contributed by atoms with van der Waals surface area (Å²) in [5.41, 5.74) is 0.806. The Balaban J connectivity index is 1.24. The molecule has 2 fully saturated rings. The summed E-state index contributed by atoms with van der Waals surface area (Å²) in [4.78, 5) is 4.34. The molecule has 28 heavy (non-hydrogen) atoms. The molecule has 0 N–H and O–H groups in total. The second kappa shape index (κ2) is 8.69. The van der Waals surface area contributed by atoms with Gasteiger partial charge < -0.3 is 14.0 Å². The third kappa shape index (κ3) is 4.78. The van der Waals surface area contributed by atoms with E-state index >= 15 is 0 Å². The molecule has 1 aromatic heterocycles. The van der Waals surface area contributed by atoms with Crippen molar-refractivity contribution in [3.63, 3.8) is 0 Å². The Labute approximate surface area is 164 Å². The molecule has 2 aliphatic rings. The van der Waals surface area contributed by atoms with Gasteiger partial charge in [0.05, 0.1) is 11.9 Å².